The molecule has 17 heavy (non-hydrogen) atoms. The van der Waals surface area contributed by atoms with Gasteiger partial charge in [-0.3, -0.25) is 0 Å². The first-order valence-electron chi connectivity index (χ1n) is 5.51. The number of hydrogen-bond acceptors (Lipinski definition) is 2. The lowest BCUT2D eigenvalue weighted by Gasteiger charge is -2.06. The van der Waals surface area contributed by atoms with Gasteiger partial charge in [0.15, 0.2) is 0 Å². The number of aryl methyl sites for hydroxylation is 1. The zero-order valence-corrected chi connectivity index (χ0v) is 10.1. The Morgan fingerprint density at radius 1 is 1.29 bits per heavy atom. The van der Waals surface area contributed by atoms with E-state index in [9.17, 15) is 0 Å². The van der Waals surface area contributed by atoms with Gasteiger partial charge in [0, 0.05) is 19.2 Å². The normalized spacial score (nSPS) is 10.2. The highest BCUT2D eigenvalue weighted by Crippen LogP contribution is 2.20. The van der Waals surface area contributed by atoms with Gasteiger partial charge < -0.3 is 10.3 Å². The summed E-state index contributed by atoms with van der Waals surface area (Å²) in [6.45, 7) is 2.06. The Hall–Kier alpha value is -2.21. The van der Waals surface area contributed by atoms with Gasteiger partial charge in [-0.25, -0.2) is 0 Å². The van der Waals surface area contributed by atoms with Crippen LogP contribution in [0.2, 0.25) is 0 Å². The van der Waals surface area contributed by atoms with Gasteiger partial charge in [0.2, 0.25) is 0 Å². The van der Waals surface area contributed by atoms with Crippen LogP contribution in [-0.2, 0) is 13.5 Å². The van der Waals surface area contributed by atoms with Crippen molar-refractivity contribution >= 4 is 5.69 Å². The Morgan fingerprint density at radius 2 is 1.94 bits per heavy atom. The molecule has 2 N–H and O–H groups in total. The minimum absolute atomic E-state index is 0.601. The van der Waals surface area contributed by atoms with Gasteiger partial charge in [0.05, 0.1) is 5.69 Å². The Labute approximate surface area is 101 Å². The molecule has 0 bridgehead atoms. The smallest absolute Gasteiger partial charge is 0.122 e. The van der Waals surface area contributed by atoms with Gasteiger partial charge in [-0.1, -0.05) is 29.8 Å². The van der Waals surface area contributed by atoms with E-state index < -0.39 is 0 Å². The summed E-state index contributed by atoms with van der Waals surface area (Å²) in [4.78, 5) is 0. The first kappa shape index (κ1) is 11.3. The molecule has 86 valence electrons. The maximum Gasteiger partial charge on any atom is 0.122 e. The Morgan fingerprint density at radius 3 is 2.47 bits per heavy atom. The third-order valence-electron chi connectivity index (χ3n) is 3.00. The van der Waals surface area contributed by atoms with Crippen LogP contribution in [0.3, 0.4) is 0 Å². The van der Waals surface area contributed by atoms with Gasteiger partial charge in [-0.2, -0.15) is 5.26 Å². The van der Waals surface area contributed by atoms with E-state index in [1.165, 1.54) is 11.1 Å². The van der Waals surface area contributed by atoms with Crippen molar-refractivity contribution < 1.29 is 0 Å². The van der Waals surface area contributed by atoms with Crippen LogP contribution in [0.15, 0.2) is 30.3 Å². The van der Waals surface area contributed by atoms with Crippen LogP contribution in [0.25, 0.3) is 0 Å². The number of nitrogens with zero attached hydrogens (tertiary/aromatic N) is 2. The van der Waals surface area contributed by atoms with E-state index in [1.54, 1.807) is 6.07 Å². The lowest BCUT2D eigenvalue weighted by molar-refractivity contribution is 0.839. The molecule has 1 aromatic carbocycles. The summed E-state index contributed by atoms with van der Waals surface area (Å²) in [7, 11) is 1.87. The predicted molar refractivity (Wildman–Crippen MR) is 68.5 cm³/mol. The van der Waals surface area contributed by atoms with Crippen LogP contribution in [0.1, 0.15) is 22.5 Å². The number of aromatic nitrogens is 1. The molecule has 2 aromatic rings. The molecule has 0 atom stereocenters. The second-order valence-corrected chi connectivity index (χ2v) is 4.26. The maximum atomic E-state index is 8.93. The van der Waals surface area contributed by atoms with E-state index in [0.717, 1.165) is 12.1 Å². The van der Waals surface area contributed by atoms with Gasteiger partial charge in [-0.15, -0.1) is 0 Å². The van der Waals surface area contributed by atoms with Crippen LogP contribution in [0.5, 0.6) is 0 Å². The van der Waals surface area contributed by atoms with Crippen molar-refractivity contribution in [2.24, 2.45) is 7.05 Å². The van der Waals surface area contributed by atoms with Gasteiger partial charge >= 0.3 is 0 Å². The van der Waals surface area contributed by atoms with E-state index >= 15 is 0 Å². The molecule has 3 nitrogen and oxygen atoms in total. The predicted octanol–water partition coefficient (Wildman–Crippen LogP) is 2.38. The summed E-state index contributed by atoms with van der Waals surface area (Å²) in [6.07, 6.45) is 0.754. The fourth-order valence-corrected chi connectivity index (χ4v) is 1.89. The number of nitrogen functional groups attached to an aromatic ring is 1. The first-order valence-corrected chi connectivity index (χ1v) is 5.51. The number of anilines is 1. The van der Waals surface area contributed by atoms with Crippen molar-refractivity contribution in [1.82, 2.24) is 4.57 Å². The zero-order chi connectivity index (χ0) is 12.4. The minimum Gasteiger partial charge on any atom is -0.397 e. The molecule has 0 unspecified atom stereocenters. The molecule has 0 aliphatic carbocycles. The zero-order valence-electron chi connectivity index (χ0n) is 10.1. The number of nitriles is 1. The quantitative estimate of drug-likeness (QED) is 0.853. The van der Waals surface area contributed by atoms with Crippen LogP contribution in [0, 0.1) is 18.3 Å². The van der Waals surface area contributed by atoms with Gasteiger partial charge in [0.25, 0.3) is 0 Å². The summed E-state index contributed by atoms with van der Waals surface area (Å²) in [5.41, 5.74) is 10.6. The monoisotopic (exact) mass is 225 g/mol. The third kappa shape index (κ3) is 2.16. The Kier molecular flexibility index (Phi) is 2.88. The average molecular weight is 225 g/mol. The van der Waals surface area contributed by atoms with Crippen LogP contribution in [0.4, 0.5) is 5.69 Å². The molecular weight excluding hydrogens is 210 g/mol. The summed E-state index contributed by atoms with van der Waals surface area (Å²) in [5.74, 6) is 0. The molecule has 2 rings (SSSR count). The Balaban J connectivity index is 2.33. The molecule has 0 saturated heterocycles. The molecule has 0 aliphatic rings. The number of benzene rings is 1. The molecule has 0 saturated carbocycles. The van der Waals surface area contributed by atoms with E-state index in [4.69, 9.17) is 11.0 Å². The van der Waals surface area contributed by atoms with Crippen molar-refractivity contribution in [3.05, 3.63) is 52.8 Å². The summed E-state index contributed by atoms with van der Waals surface area (Å²) >= 11 is 0. The van der Waals surface area contributed by atoms with Crippen LogP contribution < -0.4 is 5.73 Å². The Bertz CT molecular complexity index is 571. The van der Waals surface area contributed by atoms with E-state index in [-0.39, 0.29) is 0 Å². The van der Waals surface area contributed by atoms with E-state index in [1.807, 2.05) is 11.6 Å². The lowest BCUT2D eigenvalue weighted by Crippen LogP contribution is -2.02. The van der Waals surface area contributed by atoms with Crippen molar-refractivity contribution in [3.8, 4) is 6.07 Å². The summed E-state index contributed by atoms with van der Waals surface area (Å²) in [6, 6.07) is 12.2. The molecule has 0 aliphatic heterocycles. The van der Waals surface area contributed by atoms with Crippen molar-refractivity contribution in [2.45, 2.75) is 13.3 Å². The maximum absolute atomic E-state index is 8.93. The van der Waals surface area contributed by atoms with Gasteiger partial charge in [0.1, 0.15) is 11.8 Å². The van der Waals surface area contributed by atoms with Crippen molar-refractivity contribution in [2.75, 3.05) is 5.73 Å². The molecule has 1 heterocycles. The van der Waals surface area contributed by atoms with Crippen molar-refractivity contribution in [1.29, 1.82) is 5.26 Å². The molecule has 1 aromatic heterocycles. The number of rotatable bonds is 2. The lowest BCUT2D eigenvalue weighted by atomic mass is 10.1. The standard InChI is InChI=1S/C14H15N3/c1-10-3-5-11(6-4-10)7-14-13(16)8-12(9-15)17(14)2/h3-6,8H,7,16H2,1-2H3. The molecule has 0 spiro atoms. The van der Waals surface area contributed by atoms with Gasteiger partial charge in [-0.05, 0) is 18.6 Å². The summed E-state index contributed by atoms with van der Waals surface area (Å²) < 4.78 is 1.86. The topological polar surface area (TPSA) is 54.7 Å². The van der Waals surface area contributed by atoms with Crippen LogP contribution >= 0.6 is 0 Å². The second-order valence-electron chi connectivity index (χ2n) is 4.26. The molecule has 0 fully saturated rings. The first-order chi connectivity index (χ1) is 8.11. The SMILES string of the molecule is Cc1ccc(Cc2c(N)cc(C#N)n2C)cc1. The average Bonchev–Trinajstić information content (AvgIpc) is 2.59. The molecular formula is C14H15N3. The van der Waals surface area contributed by atoms with Crippen LogP contribution in [-0.4, -0.2) is 4.57 Å². The molecule has 0 radical (unpaired) electrons. The van der Waals surface area contributed by atoms with E-state index in [2.05, 4.69) is 37.3 Å². The second kappa shape index (κ2) is 4.34. The fraction of sp³-hybridized carbons (Fsp3) is 0.214. The number of nitrogens with two attached hydrogens (primary N) is 1. The molecule has 0 amide bonds. The van der Waals surface area contributed by atoms with E-state index in [0.29, 0.717) is 11.4 Å². The highest BCUT2D eigenvalue weighted by atomic mass is 15.0. The highest BCUT2D eigenvalue weighted by Gasteiger charge is 2.10. The summed E-state index contributed by atoms with van der Waals surface area (Å²) in [5, 5.41) is 8.93. The fourth-order valence-electron chi connectivity index (χ4n) is 1.89. The van der Waals surface area contributed by atoms with Crippen molar-refractivity contribution in [3.63, 3.8) is 0 Å². The highest BCUT2D eigenvalue weighted by molar-refractivity contribution is 5.52. The largest absolute Gasteiger partial charge is 0.397 e. The minimum atomic E-state index is 0.601. The number of hydrogen-bond donors (Lipinski definition) is 1. The third-order valence-corrected chi connectivity index (χ3v) is 3.00. The molecule has 3 heteroatoms.